The van der Waals surface area contributed by atoms with E-state index in [2.05, 4.69) is 32.0 Å². The molecule has 24 heavy (non-hydrogen) atoms. The summed E-state index contributed by atoms with van der Waals surface area (Å²) in [6.45, 7) is 5.25. The number of hydrogen-bond donors (Lipinski definition) is 1. The summed E-state index contributed by atoms with van der Waals surface area (Å²) in [5.41, 5.74) is 2.27. The summed E-state index contributed by atoms with van der Waals surface area (Å²) >= 11 is 1.68. The van der Waals surface area contributed by atoms with Gasteiger partial charge in [0.25, 0.3) is 0 Å². The number of carbonyl (C=O) groups is 1. The van der Waals surface area contributed by atoms with Gasteiger partial charge in [-0.2, -0.15) is 11.3 Å². The highest BCUT2D eigenvalue weighted by Crippen LogP contribution is 2.21. The van der Waals surface area contributed by atoms with Crippen molar-refractivity contribution in [2.24, 2.45) is 0 Å². The summed E-state index contributed by atoms with van der Waals surface area (Å²) in [4.78, 5) is 20.8. The molecule has 1 N–H and O–H groups in total. The number of pyridine rings is 1. The van der Waals surface area contributed by atoms with Crippen LogP contribution in [0.1, 0.15) is 37.1 Å². The van der Waals surface area contributed by atoms with E-state index >= 15 is 0 Å². The van der Waals surface area contributed by atoms with E-state index in [1.165, 1.54) is 5.56 Å². The highest BCUT2D eigenvalue weighted by Gasteiger charge is 2.22. The Balaban J connectivity index is 2.01. The van der Waals surface area contributed by atoms with Gasteiger partial charge in [0.1, 0.15) is 0 Å². The Morgan fingerprint density at radius 1 is 1.33 bits per heavy atom. The van der Waals surface area contributed by atoms with E-state index in [4.69, 9.17) is 0 Å². The van der Waals surface area contributed by atoms with Crippen LogP contribution >= 0.6 is 11.3 Å². The molecule has 2 rings (SSSR count). The van der Waals surface area contributed by atoms with Crippen molar-refractivity contribution in [2.45, 2.75) is 25.9 Å². The van der Waals surface area contributed by atoms with Gasteiger partial charge in [-0.3, -0.25) is 4.98 Å². The molecule has 0 aromatic carbocycles. The van der Waals surface area contributed by atoms with Crippen molar-refractivity contribution >= 4 is 17.4 Å². The molecule has 2 aromatic rings. The Morgan fingerprint density at radius 2 is 2.12 bits per heavy atom. The summed E-state index contributed by atoms with van der Waals surface area (Å²) < 4.78 is 0. The number of thiophene rings is 1. The third-order valence-electron chi connectivity index (χ3n) is 4.23. The summed E-state index contributed by atoms with van der Waals surface area (Å²) in [5.74, 6) is 0. The van der Waals surface area contributed by atoms with E-state index in [9.17, 15) is 4.79 Å². The summed E-state index contributed by atoms with van der Waals surface area (Å²) in [5, 5.41) is 7.28. The fourth-order valence-corrected chi connectivity index (χ4v) is 3.45. The minimum Gasteiger partial charge on any atom is -0.336 e. The molecule has 0 aliphatic carbocycles. The molecule has 130 valence electrons. The van der Waals surface area contributed by atoms with Crippen LogP contribution in [0, 0.1) is 0 Å². The number of nitrogens with zero attached hydrogens (tertiary/aromatic N) is 3. The van der Waals surface area contributed by atoms with Crippen molar-refractivity contribution in [3.63, 3.8) is 0 Å². The van der Waals surface area contributed by atoms with E-state index in [0.717, 1.165) is 5.56 Å². The lowest BCUT2D eigenvalue weighted by molar-refractivity contribution is 0.178. The highest BCUT2D eigenvalue weighted by atomic mass is 32.1. The van der Waals surface area contributed by atoms with Crippen molar-refractivity contribution in [1.29, 1.82) is 0 Å². The van der Waals surface area contributed by atoms with Gasteiger partial charge in [0.15, 0.2) is 0 Å². The highest BCUT2D eigenvalue weighted by molar-refractivity contribution is 7.07. The zero-order valence-electron chi connectivity index (χ0n) is 14.8. The molecule has 2 heterocycles. The van der Waals surface area contributed by atoms with Crippen molar-refractivity contribution < 1.29 is 4.79 Å². The number of rotatable bonds is 7. The number of amides is 2. The Labute approximate surface area is 148 Å². The second kappa shape index (κ2) is 8.80. The Bertz CT molecular complexity index is 615. The molecule has 0 fully saturated rings. The molecule has 2 aromatic heterocycles. The quantitative estimate of drug-likeness (QED) is 0.834. The van der Waals surface area contributed by atoms with Gasteiger partial charge in [0.2, 0.25) is 0 Å². The van der Waals surface area contributed by atoms with Crippen LogP contribution in [0.2, 0.25) is 0 Å². The van der Waals surface area contributed by atoms with E-state index < -0.39 is 0 Å². The summed E-state index contributed by atoms with van der Waals surface area (Å²) in [7, 11) is 4.06. The number of hydrogen-bond acceptors (Lipinski definition) is 4. The molecular weight excluding hydrogens is 320 g/mol. The molecule has 2 atom stereocenters. The largest absolute Gasteiger partial charge is 0.336 e. The standard InChI is InChI=1S/C18H26N4OS/c1-5-22(14(2)15-7-6-9-19-11-15)18(23)20-12-17(21(3)4)16-8-10-24-13-16/h6-11,13-14,17H,5,12H2,1-4H3,(H,20,23). The SMILES string of the molecule is CCN(C(=O)NCC(c1ccsc1)N(C)C)C(C)c1cccnc1. The minimum absolute atomic E-state index is 0.0114. The van der Waals surface area contributed by atoms with Crippen molar-refractivity contribution in [3.05, 3.63) is 52.5 Å². The normalized spacial score (nSPS) is 13.5. The van der Waals surface area contributed by atoms with Crippen LogP contribution in [0.5, 0.6) is 0 Å². The number of likely N-dealkylation sites (N-methyl/N-ethyl adjacent to an activating group) is 1. The predicted octanol–water partition coefficient (Wildman–Crippen LogP) is 3.54. The first kappa shape index (κ1) is 18.4. The van der Waals surface area contributed by atoms with Crippen molar-refractivity contribution in [3.8, 4) is 0 Å². The molecule has 0 spiro atoms. The Kier molecular flexibility index (Phi) is 6.75. The topological polar surface area (TPSA) is 48.5 Å². The number of carbonyl (C=O) groups excluding carboxylic acids is 1. The van der Waals surface area contributed by atoms with Gasteiger partial charge in [-0.25, -0.2) is 4.79 Å². The maximum Gasteiger partial charge on any atom is 0.317 e. The molecule has 0 aliphatic rings. The second-order valence-electron chi connectivity index (χ2n) is 5.97. The second-order valence-corrected chi connectivity index (χ2v) is 6.75. The minimum atomic E-state index is -0.0454. The van der Waals surface area contributed by atoms with Gasteiger partial charge in [0, 0.05) is 25.5 Å². The molecule has 2 amide bonds. The van der Waals surface area contributed by atoms with Gasteiger partial charge >= 0.3 is 6.03 Å². The lowest BCUT2D eigenvalue weighted by Crippen LogP contribution is -2.44. The fourth-order valence-electron chi connectivity index (χ4n) is 2.75. The van der Waals surface area contributed by atoms with Crippen LogP contribution in [0.3, 0.4) is 0 Å². The first-order chi connectivity index (χ1) is 11.5. The van der Waals surface area contributed by atoms with E-state index in [1.54, 1.807) is 17.5 Å². The van der Waals surface area contributed by atoms with Crippen molar-refractivity contribution in [2.75, 3.05) is 27.2 Å². The molecule has 0 saturated carbocycles. The Morgan fingerprint density at radius 3 is 2.67 bits per heavy atom. The maximum absolute atomic E-state index is 12.7. The third kappa shape index (κ3) is 4.55. The number of nitrogens with one attached hydrogen (secondary N) is 1. The average molecular weight is 347 g/mol. The third-order valence-corrected chi connectivity index (χ3v) is 4.94. The van der Waals surface area contributed by atoms with Crippen molar-refractivity contribution in [1.82, 2.24) is 20.1 Å². The van der Waals surface area contributed by atoms with Crippen LogP contribution in [0.25, 0.3) is 0 Å². The van der Waals surface area contributed by atoms with Gasteiger partial charge in [-0.05, 0) is 62.0 Å². The lowest BCUT2D eigenvalue weighted by Gasteiger charge is -2.30. The molecule has 5 nitrogen and oxygen atoms in total. The van der Waals surface area contributed by atoms with Crippen LogP contribution in [-0.2, 0) is 0 Å². The monoisotopic (exact) mass is 346 g/mol. The van der Waals surface area contributed by atoms with E-state index in [1.807, 2.05) is 51.2 Å². The van der Waals surface area contributed by atoms with Gasteiger partial charge in [-0.1, -0.05) is 6.07 Å². The lowest BCUT2D eigenvalue weighted by atomic mass is 10.1. The molecule has 0 bridgehead atoms. The molecule has 0 saturated heterocycles. The molecule has 2 unspecified atom stereocenters. The van der Waals surface area contributed by atoms with Crippen LogP contribution < -0.4 is 5.32 Å². The zero-order chi connectivity index (χ0) is 17.5. The van der Waals surface area contributed by atoms with E-state index in [0.29, 0.717) is 13.1 Å². The smallest absolute Gasteiger partial charge is 0.317 e. The zero-order valence-corrected chi connectivity index (χ0v) is 15.6. The summed E-state index contributed by atoms with van der Waals surface area (Å²) in [6.07, 6.45) is 3.56. The maximum atomic E-state index is 12.7. The average Bonchev–Trinajstić information content (AvgIpc) is 3.10. The van der Waals surface area contributed by atoms with Gasteiger partial charge < -0.3 is 15.1 Å². The number of aromatic nitrogens is 1. The van der Waals surface area contributed by atoms with Crippen LogP contribution in [-0.4, -0.2) is 48.0 Å². The first-order valence-electron chi connectivity index (χ1n) is 8.17. The number of urea groups is 1. The fraction of sp³-hybridized carbons (Fsp3) is 0.444. The molecular formula is C18H26N4OS. The molecule has 6 heteroatoms. The molecule has 0 aliphatic heterocycles. The first-order valence-corrected chi connectivity index (χ1v) is 9.11. The predicted molar refractivity (Wildman–Crippen MR) is 99.2 cm³/mol. The van der Waals surface area contributed by atoms with Crippen LogP contribution in [0.4, 0.5) is 4.79 Å². The van der Waals surface area contributed by atoms with E-state index in [-0.39, 0.29) is 18.1 Å². The van der Waals surface area contributed by atoms with Gasteiger partial charge in [-0.15, -0.1) is 0 Å². The summed E-state index contributed by atoms with van der Waals surface area (Å²) in [6, 6.07) is 6.13. The molecule has 0 radical (unpaired) electrons. The van der Waals surface area contributed by atoms with Gasteiger partial charge in [0.05, 0.1) is 12.1 Å². The van der Waals surface area contributed by atoms with Crippen LogP contribution in [0.15, 0.2) is 41.4 Å². The Hall–Kier alpha value is -1.92.